The van der Waals surface area contributed by atoms with Gasteiger partial charge in [-0.2, -0.15) is 0 Å². The van der Waals surface area contributed by atoms with E-state index < -0.39 is 0 Å². The van der Waals surface area contributed by atoms with Crippen molar-refractivity contribution >= 4 is 0 Å². The Kier molecular flexibility index (Phi) is 3.67. The van der Waals surface area contributed by atoms with Crippen LogP contribution in [0.2, 0.25) is 0 Å². The van der Waals surface area contributed by atoms with Gasteiger partial charge in [0, 0.05) is 24.5 Å². The van der Waals surface area contributed by atoms with Gasteiger partial charge in [-0.1, -0.05) is 6.07 Å². The summed E-state index contributed by atoms with van der Waals surface area (Å²) in [6, 6.07) is 8.40. The molecule has 0 saturated heterocycles. The average Bonchev–Trinajstić information content (AvgIpc) is 2.37. The van der Waals surface area contributed by atoms with Crippen molar-refractivity contribution in [2.75, 3.05) is 0 Å². The predicted octanol–water partition coefficient (Wildman–Crippen LogP) is 2.26. The summed E-state index contributed by atoms with van der Waals surface area (Å²) in [6.07, 6.45) is 3.38. The number of hydrogen-bond donors (Lipinski definition) is 1. The molecule has 0 radical (unpaired) electrons. The maximum absolute atomic E-state index is 13.4. The van der Waals surface area contributed by atoms with E-state index in [9.17, 15) is 4.39 Å². The van der Waals surface area contributed by atoms with E-state index in [1.807, 2.05) is 12.1 Å². The maximum Gasteiger partial charge on any atom is 0.131 e. The first-order chi connectivity index (χ1) is 8.31. The summed E-state index contributed by atoms with van der Waals surface area (Å²) in [5.74, 6) is 0.157. The molecule has 1 aromatic heterocycles. The van der Waals surface area contributed by atoms with Gasteiger partial charge in [-0.3, -0.25) is 4.98 Å². The first kappa shape index (κ1) is 11.5. The van der Waals surface area contributed by atoms with Gasteiger partial charge in [0.15, 0.2) is 0 Å². The van der Waals surface area contributed by atoms with Crippen LogP contribution in [0.4, 0.5) is 4.39 Å². The molecule has 0 atom stereocenters. The lowest BCUT2D eigenvalue weighted by Crippen LogP contribution is -2.05. The highest BCUT2D eigenvalue weighted by Gasteiger charge is 2.07. The van der Waals surface area contributed by atoms with Gasteiger partial charge in [-0.25, -0.2) is 4.39 Å². The van der Waals surface area contributed by atoms with Crippen LogP contribution >= 0.6 is 0 Å². The first-order valence-electron chi connectivity index (χ1n) is 5.30. The number of benzene rings is 1. The van der Waals surface area contributed by atoms with Gasteiger partial charge in [0.2, 0.25) is 0 Å². The van der Waals surface area contributed by atoms with Crippen molar-refractivity contribution in [3.8, 4) is 5.75 Å². The molecule has 0 spiro atoms. The molecule has 4 heteroatoms. The Bertz CT molecular complexity index is 488. The minimum absolute atomic E-state index is 0.123. The second kappa shape index (κ2) is 5.41. The maximum atomic E-state index is 13.4. The number of aromatic nitrogens is 1. The van der Waals surface area contributed by atoms with Gasteiger partial charge in [-0.15, -0.1) is 0 Å². The zero-order chi connectivity index (χ0) is 12.1. The number of rotatable bonds is 4. The first-order valence-corrected chi connectivity index (χ1v) is 5.30. The fourth-order valence-electron chi connectivity index (χ4n) is 1.51. The molecule has 2 N–H and O–H groups in total. The molecular weight excluding hydrogens is 219 g/mol. The zero-order valence-electron chi connectivity index (χ0n) is 9.27. The fraction of sp³-hybridized carbons (Fsp3) is 0.154. The van der Waals surface area contributed by atoms with Gasteiger partial charge in [0.25, 0.3) is 0 Å². The molecule has 0 bridgehead atoms. The summed E-state index contributed by atoms with van der Waals surface area (Å²) < 4.78 is 19.0. The van der Waals surface area contributed by atoms with E-state index in [2.05, 4.69) is 4.98 Å². The Morgan fingerprint density at radius 1 is 1.18 bits per heavy atom. The molecule has 0 aliphatic heterocycles. The van der Waals surface area contributed by atoms with Crippen LogP contribution in [0.3, 0.4) is 0 Å². The van der Waals surface area contributed by atoms with Crippen LogP contribution in [0, 0.1) is 5.82 Å². The van der Waals surface area contributed by atoms with E-state index >= 15 is 0 Å². The molecule has 2 aromatic rings. The highest BCUT2D eigenvalue weighted by atomic mass is 19.1. The number of nitrogens with zero attached hydrogens (tertiary/aromatic N) is 1. The lowest BCUT2D eigenvalue weighted by atomic mass is 10.2. The smallest absolute Gasteiger partial charge is 0.131 e. The number of nitrogens with two attached hydrogens (primary N) is 1. The fourth-order valence-corrected chi connectivity index (χ4v) is 1.51. The van der Waals surface area contributed by atoms with Crippen LogP contribution in [0.5, 0.6) is 5.75 Å². The topological polar surface area (TPSA) is 48.1 Å². The van der Waals surface area contributed by atoms with E-state index in [1.165, 1.54) is 6.07 Å². The number of ether oxygens (including phenoxy) is 1. The Balaban J connectivity index is 2.12. The minimum atomic E-state index is -0.334. The summed E-state index contributed by atoms with van der Waals surface area (Å²) in [6.45, 7) is 0.497. The molecule has 0 saturated carbocycles. The highest BCUT2D eigenvalue weighted by Crippen LogP contribution is 2.21. The molecule has 88 valence electrons. The minimum Gasteiger partial charge on any atom is -0.488 e. The van der Waals surface area contributed by atoms with Crippen LogP contribution in [-0.4, -0.2) is 4.98 Å². The molecule has 1 aromatic carbocycles. The molecule has 0 fully saturated rings. The molecule has 3 nitrogen and oxygen atoms in total. The Morgan fingerprint density at radius 2 is 1.94 bits per heavy atom. The van der Waals surface area contributed by atoms with Crippen molar-refractivity contribution in [1.29, 1.82) is 0 Å². The lowest BCUT2D eigenvalue weighted by molar-refractivity contribution is 0.300. The van der Waals surface area contributed by atoms with E-state index in [0.717, 1.165) is 5.56 Å². The largest absolute Gasteiger partial charge is 0.488 e. The summed E-state index contributed by atoms with van der Waals surface area (Å²) in [4.78, 5) is 3.91. The van der Waals surface area contributed by atoms with Crippen LogP contribution in [0.15, 0.2) is 42.7 Å². The van der Waals surface area contributed by atoms with Crippen molar-refractivity contribution in [3.63, 3.8) is 0 Å². The molecule has 0 unspecified atom stereocenters. The van der Waals surface area contributed by atoms with E-state index in [1.54, 1.807) is 24.5 Å². The molecule has 1 heterocycles. The van der Waals surface area contributed by atoms with Crippen molar-refractivity contribution < 1.29 is 9.13 Å². The SMILES string of the molecule is NCc1c(F)cccc1OCc1ccncc1. The third kappa shape index (κ3) is 2.79. The monoisotopic (exact) mass is 232 g/mol. The average molecular weight is 232 g/mol. The number of pyridine rings is 1. The molecule has 0 aliphatic carbocycles. The Morgan fingerprint density at radius 3 is 2.65 bits per heavy atom. The van der Waals surface area contributed by atoms with Crippen molar-refractivity contribution in [3.05, 3.63) is 59.7 Å². The molecule has 0 aliphatic rings. The van der Waals surface area contributed by atoms with Crippen molar-refractivity contribution in [2.24, 2.45) is 5.73 Å². The Labute approximate surface area is 99.1 Å². The summed E-state index contributed by atoms with van der Waals surface area (Å²) in [5, 5.41) is 0. The second-order valence-electron chi connectivity index (χ2n) is 3.56. The van der Waals surface area contributed by atoms with Gasteiger partial charge in [-0.05, 0) is 29.8 Å². The third-order valence-electron chi connectivity index (χ3n) is 2.42. The van der Waals surface area contributed by atoms with Crippen LogP contribution < -0.4 is 10.5 Å². The van der Waals surface area contributed by atoms with Gasteiger partial charge >= 0.3 is 0 Å². The van der Waals surface area contributed by atoms with E-state index in [-0.39, 0.29) is 12.4 Å². The number of halogens is 1. The quantitative estimate of drug-likeness (QED) is 0.879. The molecule has 17 heavy (non-hydrogen) atoms. The van der Waals surface area contributed by atoms with Gasteiger partial charge in [0.1, 0.15) is 18.2 Å². The Hall–Kier alpha value is -1.94. The van der Waals surface area contributed by atoms with Gasteiger partial charge in [0.05, 0.1) is 0 Å². The van der Waals surface area contributed by atoms with Crippen LogP contribution in [-0.2, 0) is 13.2 Å². The van der Waals surface area contributed by atoms with Gasteiger partial charge < -0.3 is 10.5 Å². The molecule has 0 amide bonds. The van der Waals surface area contributed by atoms with E-state index in [0.29, 0.717) is 17.9 Å². The highest BCUT2D eigenvalue weighted by molar-refractivity contribution is 5.34. The van der Waals surface area contributed by atoms with Crippen LogP contribution in [0.1, 0.15) is 11.1 Å². The summed E-state index contributed by atoms with van der Waals surface area (Å²) in [5.41, 5.74) is 6.87. The summed E-state index contributed by atoms with van der Waals surface area (Å²) in [7, 11) is 0. The molecular formula is C13H13FN2O. The standard InChI is InChI=1S/C13H13FN2O/c14-12-2-1-3-13(11(12)8-15)17-9-10-4-6-16-7-5-10/h1-7H,8-9,15H2. The van der Waals surface area contributed by atoms with Crippen molar-refractivity contribution in [2.45, 2.75) is 13.2 Å². The number of hydrogen-bond acceptors (Lipinski definition) is 3. The zero-order valence-corrected chi connectivity index (χ0v) is 9.27. The lowest BCUT2D eigenvalue weighted by Gasteiger charge is -2.10. The van der Waals surface area contributed by atoms with Crippen molar-refractivity contribution in [1.82, 2.24) is 4.98 Å². The summed E-state index contributed by atoms with van der Waals surface area (Å²) >= 11 is 0. The predicted molar refractivity (Wildman–Crippen MR) is 62.9 cm³/mol. The molecule has 2 rings (SSSR count). The van der Waals surface area contributed by atoms with E-state index in [4.69, 9.17) is 10.5 Å². The third-order valence-corrected chi connectivity index (χ3v) is 2.42. The second-order valence-corrected chi connectivity index (χ2v) is 3.56. The van der Waals surface area contributed by atoms with Crippen LogP contribution in [0.25, 0.3) is 0 Å². The normalized spacial score (nSPS) is 10.2.